The van der Waals surface area contributed by atoms with Gasteiger partial charge in [-0.3, -0.25) is 4.79 Å². The van der Waals surface area contributed by atoms with Crippen LogP contribution in [0.25, 0.3) is 0 Å². The van der Waals surface area contributed by atoms with E-state index in [-0.39, 0.29) is 22.8 Å². The van der Waals surface area contributed by atoms with Gasteiger partial charge in [0, 0.05) is 11.6 Å². The lowest BCUT2D eigenvalue weighted by molar-refractivity contribution is -0.174. The van der Waals surface area contributed by atoms with Crippen molar-refractivity contribution < 1.29 is 35.9 Å². The Kier molecular flexibility index (Phi) is 7.20. The molecule has 1 atom stereocenters. The third kappa shape index (κ3) is 6.52. The fourth-order valence-corrected chi connectivity index (χ4v) is 2.76. The van der Waals surface area contributed by atoms with Gasteiger partial charge < -0.3 is 14.8 Å². The summed E-state index contributed by atoms with van der Waals surface area (Å²) < 4.78 is 71.5. The molecule has 1 unspecified atom stereocenters. The number of nitrogens with one attached hydrogen (secondary N) is 2. The molecule has 0 fully saturated rings. The van der Waals surface area contributed by atoms with Gasteiger partial charge in [-0.1, -0.05) is 0 Å². The zero-order valence-electron chi connectivity index (χ0n) is 13.8. The fourth-order valence-electron chi connectivity index (χ4n) is 1.84. The van der Waals surface area contributed by atoms with Crippen molar-refractivity contribution in [1.82, 2.24) is 10.0 Å². The van der Waals surface area contributed by atoms with Gasteiger partial charge in [0.05, 0.1) is 13.7 Å². The number of amides is 1. The molecule has 7 nitrogen and oxygen atoms in total. The highest BCUT2D eigenvalue weighted by molar-refractivity contribution is 7.89. The van der Waals surface area contributed by atoms with E-state index in [1.165, 1.54) is 33.2 Å². The molecule has 25 heavy (non-hydrogen) atoms. The van der Waals surface area contributed by atoms with Crippen LogP contribution in [-0.4, -0.2) is 53.9 Å². The summed E-state index contributed by atoms with van der Waals surface area (Å²) in [5.74, 6) is -0.606. The Labute approximate surface area is 143 Å². The molecule has 0 aliphatic rings. The summed E-state index contributed by atoms with van der Waals surface area (Å²) in [6.45, 7) is -0.299. The minimum absolute atomic E-state index is 0.0114. The van der Waals surface area contributed by atoms with Gasteiger partial charge in [0.15, 0.2) is 0 Å². The molecule has 0 heterocycles. The lowest BCUT2D eigenvalue weighted by atomic mass is 10.2. The molecule has 0 spiro atoms. The summed E-state index contributed by atoms with van der Waals surface area (Å²) in [6, 6.07) is 3.06. The summed E-state index contributed by atoms with van der Waals surface area (Å²) in [6.07, 6.45) is -4.45. The Bertz CT molecular complexity index is 707. The summed E-state index contributed by atoms with van der Waals surface area (Å²) >= 11 is 0. The second kappa shape index (κ2) is 8.50. The van der Waals surface area contributed by atoms with Gasteiger partial charge in [-0.2, -0.15) is 13.2 Å². The predicted molar refractivity (Wildman–Crippen MR) is 83.0 cm³/mol. The molecule has 1 amide bonds. The van der Waals surface area contributed by atoms with Crippen LogP contribution in [0.2, 0.25) is 0 Å². The van der Waals surface area contributed by atoms with Gasteiger partial charge in [0.2, 0.25) is 10.0 Å². The lowest BCUT2D eigenvalue weighted by Gasteiger charge is -2.16. The molecular weight excluding hydrogens is 365 g/mol. The Balaban J connectivity index is 2.84. The maximum atomic E-state index is 12.1. The third-order valence-corrected chi connectivity index (χ3v) is 4.43. The average molecular weight is 384 g/mol. The van der Waals surface area contributed by atoms with Gasteiger partial charge in [0.1, 0.15) is 17.3 Å². The Hall–Kier alpha value is -1.85. The molecule has 0 aliphatic carbocycles. The van der Waals surface area contributed by atoms with Crippen LogP contribution >= 0.6 is 0 Å². The highest BCUT2D eigenvalue weighted by atomic mass is 32.2. The van der Waals surface area contributed by atoms with E-state index < -0.39 is 34.8 Å². The molecule has 0 aliphatic heterocycles. The summed E-state index contributed by atoms with van der Waals surface area (Å²) in [5.41, 5.74) is 0.0114. The van der Waals surface area contributed by atoms with Crippen LogP contribution in [0.3, 0.4) is 0 Å². The maximum Gasteiger partial charge on any atom is 0.411 e. The van der Waals surface area contributed by atoms with Gasteiger partial charge in [-0.25, -0.2) is 13.1 Å². The minimum atomic E-state index is -4.45. The van der Waals surface area contributed by atoms with E-state index in [9.17, 15) is 26.4 Å². The molecule has 2 N–H and O–H groups in total. The number of methoxy groups -OCH3 is 1. The summed E-state index contributed by atoms with van der Waals surface area (Å²) in [5, 5.41) is 2.43. The van der Waals surface area contributed by atoms with Crippen LogP contribution in [0.1, 0.15) is 17.3 Å². The Morgan fingerprint density at radius 2 is 1.96 bits per heavy atom. The van der Waals surface area contributed by atoms with Crippen molar-refractivity contribution in [3.63, 3.8) is 0 Å². The molecule has 0 saturated carbocycles. The van der Waals surface area contributed by atoms with Crippen molar-refractivity contribution in [3.8, 4) is 5.75 Å². The molecular formula is C14H19F3N2O5S. The Morgan fingerprint density at radius 3 is 2.48 bits per heavy atom. The number of carbonyl (C=O) groups is 1. The number of carbonyl (C=O) groups excluding carboxylic acids is 1. The average Bonchev–Trinajstić information content (AvgIpc) is 2.52. The molecule has 1 aromatic carbocycles. The number of sulfonamides is 1. The first-order valence-corrected chi connectivity index (χ1v) is 8.55. The first-order chi connectivity index (χ1) is 11.5. The van der Waals surface area contributed by atoms with Crippen LogP contribution in [0.15, 0.2) is 23.1 Å². The smallest absolute Gasteiger partial charge is 0.411 e. The van der Waals surface area contributed by atoms with Crippen LogP contribution in [0, 0.1) is 0 Å². The summed E-state index contributed by atoms with van der Waals surface area (Å²) in [7, 11) is -1.37. The first-order valence-electron chi connectivity index (χ1n) is 7.07. The van der Waals surface area contributed by atoms with Crippen molar-refractivity contribution >= 4 is 15.9 Å². The van der Waals surface area contributed by atoms with E-state index in [0.717, 1.165) is 6.07 Å². The monoisotopic (exact) mass is 384 g/mol. The molecule has 1 aromatic rings. The summed E-state index contributed by atoms with van der Waals surface area (Å²) in [4.78, 5) is 11.9. The van der Waals surface area contributed by atoms with Crippen molar-refractivity contribution in [1.29, 1.82) is 0 Å². The SMILES string of the molecule is CNS(=O)(=O)c1cc(C(=O)NC(C)COCC(F)(F)F)ccc1OC. The molecule has 0 aromatic heterocycles. The molecule has 0 saturated heterocycles. The molecule has 142 valence electrons. The number of ether oxygens (including phenoxy) is 2. The second-order valence-corrected chi connectivity index (χ2v) is 6.93. The van der Waals surface area contributed by atoms with Crippen LogP contribution in [0.4, 0.5) is 13.2 Å². The third-order valence-electron chi connectivity index (χ3n) is 3.00. The van der Waals surface area contributed by atoms with Gasteiger partial charge in [0.25, 0.3) is 5.91 Å². The minimum Gasteiger partial charge on any atom is -0.495 e. The second-order valence-electron chi connectivity index (χ2n) is 5.08. The van der Waals surface area contributed by atoms with Crippen molar-refractivity contribution in [2.24, 2.45) is 0 Å². The number of alkyl halides is 3. The topological polar surface area (TPSA) is 93.7 Å². The lowest BCUT2D eigenvalue weighted by Crippen LogP contribution is -2.37. The van der Waals surface area contributed by atoms with Crippen LogP contribution in [-0.2, 0) is 14.8 Å². The van der Waals surface area contributed by atoms with Crippen molar-refractivity contribution in [2.45, 2.75) is 24.0 Å². The maximum absolute atomic E-state index is 12.1. The van der Waals surface area contributed by atoms with Gasteiger partial charge in [-0.05, 0) is 32.2 Å². The molecule has 11 heteroatoms. The highest BCUT2D eigenvalue weighted by Crippen LogP contribution is 2.24. The largest absolute Gasteiger partial charge is 0.495 e. The van der Waals surface area contributed by atoms with Crippen molar-refractivity contribution in [3.05, 3.63) is 23.8 Å². The van der Waals surface area contributed by atoms with Gasteiger partial charge >= 0.3 is 6.18 Å². The van der Waals surface area contributed by atoms with E-state index in [2.05, 4.69) is 14.8 Å². The standard InChI is InChI=1S/C14H19F3N2O5S/c1-9(7-24-8-14(15,16)17)19-13(20)10-4-5-11(23-3)12(6-10)25(21,22)18-2/h4-6,9,18H,7-8H2,1-3H3,(H,19,20). The normalized spacial score (nSPS) is 13.4. The quantitative estimate of drug-likeness (QED) is 0.705. The number of hydrogen-bond donors (Lipinski definition) is 2. The molecule has 0 radical (unpaired) electrons. The molecule has 1 rings (SSSR count). The van der Waals surface area contributed by atoms with Gasteiger partial charge in [-0.15, -0.1) is 0 Å². The zero-order chi connectivity index (χ0) is 19.3. The van der Waals surface area contributed by atoms with Crippen LogP contribution in [0.5, 0.6) is 5.75 Å². The zero-order valence-corrected chi connectivity index (χ0v) is 14.6. The number of halogens is 3. The fraction of sp³-hybridized carbons (Fsp3) is 0.500. The first kappa shape index (κ1) is 21.2. The number of benzene rings is 1. The number of hydrogen-bond acceptors (Lipinski definition) is 5. The van der Waals surface area contributed by atoms with E-state index in [4.69, 9.17) is 4.74 Å². The van der Waals surface area contributed by atoms with Crippen molar-refractivity contribution in [2.75, 3.05) is 27.4 Å². The van der Waals surface area contributed by atoms with E-state index >= 15 is 0 Å². The number of rotatable bonds is 8. The Morgan fingerprint density at radius 1 is 1.32 bits per heavy atom. The van der Waals surface area contributed by atoms with E-state index in [1.807, 2.05) is 0 Å². The van der Waals surface area contributed by atoms with E-state index in [0.29, 0.717) is 0 Å². The highest BCUT2D eigenvalue weighted by Gasteiger charge is 2.28. The van der Waals surface area contributed by atoms with Crippen LogP contribution < -0.4 is 14.8 Å². The molecule has 0 bridgehead atoms. The predicted octanol–water partition coefficient (Wildman–Crippen LogP) is 1.30. The van der Waals surface area contributed by atoms with E-state index in [1.54, 1.807) is 0 Å².